The Morgan fingerprint density at radius 3 is 2.56 bits per heavy atom. The number of likely N-dealkylation sites (tertiary alicyclic amines) is 1. The van der Waals surface area contributed by atoms with Crippen LogP contribution < -0.4 is 0 Å². The predicted octanol–water partition coefficient (Wildman–Crippen LogP) is 3.37. The van der Waals surface area contributed by atoms with E-state index >= 15 is 0 Å². The second kappa shape index (κ2) is 6.32. The monoisotopic (exact) mass is 337 g/mol. The van der Waals surface area contributed by atoms with Crippen LogP contribution in [0.5, 0.6) is 0 Å². The highest BCUT2D eigenvalue weighted by Crippen LogP contribution is 2.43. The minimum Gasteiger partial charge on any atom is -0.342 e. The number of carbonyl (C=O) groups excluding carboxylic acids is 1. The lowest BCUT2D eigenvalue weighted by atomic mass is 9.66. The maximum atomic E-state index is 12.7. The molecule has 2 aromatic rings. The van der Waals surface area contributed by atoms with E-state index in [1.54, 1.807) is 0 Å². The number of piperidine rings is 1. The lowest BCUT2D eigenvalue weighted by Crippen LogP contribution is -2.45. The molecule has 0 saturated carbocycles. The first-order valence-corrected chi connectivity index (χ1v) is 9.41. The van der Waals surface area contributed by atoms with Crippen LogP contribution >= 0.6 is 0 Å². The van der Waals surface area contributed by atoms with Crippen LogP contribution in [0.15, 0.2) is 24.3 Å². The van der Waals surface area contributed by atoms with Gasteiger partial charge in [0.25, 0.3) is 0 Å². The van der Waals surface area contributed by atoms with Crippen LogP contribution in [-0.4, -0.2) is 34.1 Å². The van der Waals surface area contributed by atoms with Gasteiger partial charge in [0.1, 0.15) is 0 Å². The standard InChI is InChI=1S/C21H27N3O/c1-15-19(16(2)23-22-15)13-20(25)24-11-9-21(10-12-24)8-7-17-5-3-4-6-18(17)14-21/h3-6H,7-14H2,1-2H3,(H,22,23). The summed E-state index contributed by atoms with van der Waals surface area (Å²) in [6.45, 7) is 5.76. The van der Waals surface area contributed by atoms with Gasteiger partial charge in [-0.2, -0.15) is 5.10 Å². The molecule has 0 atom stereocenters. The van der Waals surface area contributed by atoms with Gasteiger partial charge in [-0.1, -0.05) is 24.3 Å². The molecule has 1 spiro atoms. The van der Waals surface area contributed by atoms with Gasteiger partial charge in [0.15, 0.2) is 0 Å². The van der Waals surface area contributed by atoms with Crippen LogP contribution in [0.25, 0.3) is 0 Å². The number of H-pyrrole nitrogens is 1. The van der Waals surface area contributed by atoms with E-state index in [2.05, 4.69) is 39.4 Å². The maximum Gasteiger partial charge on any atom is 0.227 e. The lowest BCUT2D eigenvalue weighted by molar-refractivity contribution is -0.133. The van der Waals surface area contributed by atoms with Crippen molar-refractivity contribution < 1.29 is 4.79 Å². The van der Waals surface area contributed by atoms with E-state index in [0.29, 0.717) is 11.8 Å². The highest BCUT2D eigenvalue weighted by atomic mass is 16.2. The number of amides is 1. The maximum absolute atomic E-state index is 12.7. The summed E-state index contributed by atoms with van der Waals surface area (Å²) in [7, 11) is 0. The Bertz CT molecular complexity index is 765. The molecular weight excluding hydrogens is 310 g/mol. The number of fused-ring (bicyclic) bond motifs is 1. The molecular formula is C21H27N3O. The Morgan fingerprint density at radius 1 is 1.16 bits per heavy atom. The number of rotatable bonds is 2. The van der Waals surface area contributed by atoms with Crippen molar-refractivity contribution in [1.29, 1.82) is 0 Å². The third-order valence-electron chi connectivity index (χ3n) is 6.39. The van der Waals surface area contributed by atoms with Crippen LogP contribution in [-0.2, 0) is 24.1 Å². The lowest BCUT2D eigenvalue weighted by Gasteiger charge is -2.44. The summed E-state index contributed by atoms with van der Waals surface area (Å²) in [6.07, 6.45) is 6.39. The molecule has 132 valence electrons. The molecule has 1 amide bonds. The van der Waals surface area contributed by atoms with E-state index in [-0.39, 0.29) is 5.91 Å². The normalized spacial score (nSPS) is 19.0. The van der Waals surface area contributed by atoms with Gasteiger partial charge in [-0.3, -0.25) is 9.89 Å². The molecule has 1 aromatic heterocycles. The average Bonchev–Trinajstić information content (AvgIpc) is 2.94. The SMILES string of the molecule is Cc1n[nH]c(C)c1CC(=O)N1CCC2(CCc3ccccc3C2)CC1. The first-order valence-electron chi connectivity index (χ1n) is 9.41. The zero-order valence-corrected chi connectivity index (χ0v) is 15.3. The number of hydrogen-bond acceptors (Lipinski definition) is 2. The molecule has 1 N–H and O–H groups in total. The minimum atomic E-state index is 0.249. The molecule has 2 heterocycles. The van der Waals surface area contributed by atoms with E-state index < -0.39 is 0 Å². The molecule has 2 aliphatic rings. The average molecular weight is 337 g/mol. The number of aryl methyl sites for hydroxylation is 3. The molecule has 25 heavy (non-hydrogen) atoms. The van der Waals surface area contributed by atoms with Gasteiger partial charge >= 0.3 is 0 Å². The van der Waals surface area contributed by atoms with E-state index in [4.69, 9.17) is 0 Å². The van der Waals surface area contributed by atoms with E-state index in [1.165, 1.54) is 30.4 Å². The number of carbonyl (C=O) groups is 1. The van der Waals surface area contributed by atoms with Gasteiger partial charge in [0.2, 0.25) is 5.91 Å². The van der Waals surface area contributed by atoms with Crippen LogP contribution in [0.3, 0.4) is 0 Å². The van der Waals surface area contributed by atoms with Gasteiger partial charge in [-0.15, -0.1) is 0 Å². The zero-order chi connectivity index (χ0) is 17.4. The summed E-state index contributed by atoms with van der Waals surface area (Å²) >= 11 is 0. The second-order valence-electron chi connectivity index (χ2n) is 7.92. The fourth-order valence-electron chi connectivity index (χ4n) is 4.62. The summed E-state index contributed by atoms with van der Waals surface area (Å²) in [5.41, 5.74) is 6.49. The Morgan fingerprint density at radius 2 is 1.88 bits per heavy atom. The molecule has 1 aliphatic carbocycles. The first-order chi connectivity index (χ1) is 12.1. The number of nitrogens with zero attached hydrogens (tertiary/aromatic N) is 2. The van der Waals surface area contributed by atoms with Gasteiger partial charge in [0, 0.05) is 24.3 Å². The molecule has 1 aromatic carbocycles. The summed E-state index contributed by atoms with van der Waals surface area (Å²) < 4.78 is 0. The quantitative estimate of drug-likeness (QED) is 0.913. The van der Waals surface area contributed by atoms with Gasteiger partial charge in [-0.05, 0) is 62.5 Å². The molecule has 0 radical (unpaired) electrons. The van der Waals surface area contributed by atoms with Crippen LogP contribution in [0.2, 0.25) is 0 Å². The number of hydrogen-bond donors (Lipinski definition) is 1. The van der Waals surface area contributed by atoms with Crippen LogP contribution in [0.4, 0.5) is 0 Å². The van der Waals surface area contributed by atoms with E-state index in [0.717, 1.165) is 42.9 Å². The number of aromatic amines is 1. The third kappa shape index (κ3) is 3.10. The molecule has 0 bridgehead atoms. The van der Waals surface area contributed by atoms with Crippen LogP contribution in [0.1, 0.15) is 47.3 Å². The van der Waals surface area contributed by atoms with Crippen molar-refractivity contribution in [1.82, 2.24) is 15.1 Å². The first kappa shape index (κ1) is 16.4. The van der Waals surface area contributed by atoms with E-state index in [1.807, 2.05) is 13.8 Å². The zero-order valence-electron chi connectivity index (χ0n) is 15.3. The highest BCUT2D eigenvalue weighted by Gasteiger charge is 2.38. The fraction of sp³-hybridized carbons (Fsp3) is 0.524. The van der Waals surface area contributed by atoms with Crippen molar-refractivity contribution in [3.05, 3.63) is 52.3 Å². The van der Waals surface area contributed by atoms with Crippen LogP contribution in [0, 0.1) is 19.3 Å². The predicted molar refractivity (Wildman–Crippen MR) is 98.5 cm³/mol. The van der Waals surface area contributed by atoms with Crippen molar-refractivity contribution in [2.75, 3.05) is 13.1 Å². The molecule has 4 heteroatoms. The number of nitrogens with one attached hydrogen (secondary N) is 1. The van der Waals surface area contributed by atoms with Gasteiger partial charge < -0.3 is 4.90 Å². The number of aromatic nitrogens is 2. The molecule has 4 nitrogen and oxygen atoms in total. The Balaban J connectivity index is 1.39. The van der Waals surface area contributed by atoms with Crippen molar-refractivity contribution in [3.63, 3.8) is 0 Å². The topological polar surface area (TPSA) is 49.0 Å². The molecule has 0 unspecified atom stereocenters. The summed E-state index contributed by atoms with van der Waals surface area (Å²) in [5.74, 6) is 0.249. The Labute approximate surface area is 149 Å². The molecule has 1 fully saturated rings. The molecule has 1 aliphatic heterocycles. The Kier molecular flexibility index (Phi) is 4.14. The van der Waals surface area contributed by atoms with Crippen molar-refractivity contribution in [3.8, 4) is 0 Å². The third-order valence-corrected chi connectivity index (χ3v) is 6.39. The van der Waals surface area contributed by atoms with Gasteiger partial charge in [0.05, 0.1) is 12.1 Å². The summed E-state index contributed by atoms with van der Waals surface area (Å²) in [4.78, 5) is 14.8. The summed E-state index contributed by atoms with van der Waals surface area (Å²) in [5, 5.41) is 7.19. The molecule has 4 rings (SSSR count). The minimum absolute atomic E-state index is 0.249. The van der Waals surface area contributed by atoms with Crippen molar-refractivity contribution >= 4 is 5.91 Å². The molecule has 1 saturated heterocycles. The summed E-state index contributed by atoms with van der Waals surface area (Å²) in [6, 6.07) is 8.87. The van der Waals surface area contributed by atoms with Crippen molar-refractivity contribution in [2.45, 2.75) is 52.4 Å². The largest absolute Gasteiger partial charge is 0.342 e. The van der Waals surface area contributed by atoms with E-state index in [9.17, 15) is 4.79 Å². The fourth-order valence-corrected chi connectivity index (χ4v) is 4.62. The highest BCUT2D eigenvalue weighted by molar-refractivity contribution is 5.79. The smallest absolute Gasteiger partial charge is 0.227 e. The Hall–Kier alpha value is -2.10. The van der Waals surface area contributed by atoms with Crippen molar-refractivity contribution in [2.24, 2.45) is 5.41 Å². The van der Waals surface area contributed by atoms with Gasteiger partial charge in [-0.25, -0.2) is 0 Å². The second-order valence-corrected chi connectivity index (χ2v) is 7.92. The number of benzene rings is 1.